The van der Waals surface area contributed by atoms with Gasteiger partial charge in [-0.3, -0.25) is 14.6 Å². The zero-order valence-electron chi connectivity index (χ0n) is 20.0. The van der Waals surface area contributed by atoms with Crippen LogP contribution in [0.4, 0.5) is 5.69 Å². The van der Waals surface area contributed by atoms with E-state index in [0.717, 1.165) is 51.5 Å². The van der Waals surface area contributed by atoms with Gasteiger partial charge in [0.2, 0.25) is 0 Å². The number of carbonyl (C=O) groups is 1. The highest BCUT2D eigenvalue weighted by Gasteiger charge is 2.33. The summed E-state index contributed by atoms with van der Waals surface area (Å²) in [6, 6.07) is 9.30. The third-order valence-electron chi connectivity index (χ3n) is 7.53. The Labute approximate surface area is 207 Å². The van der Waals surface area contributed by atoms with Crippen molar-refractivity contribution in [1.29, 1.82) is 0 Å². The maximum atomic E-state index is 12.5. The van der Waals surface area contributed by atoms with Crippen LogP contribution in [0.2, 0.25) is 0 Å². The molecule has 1 aromatic carbocycles. The first-order valence-corrected chi connectivity index (χ1v) is 13.7. The van der Waals surface area contributed by atoms with E-state index in [4.69, 9.17) is 4.74 Å². The Hall–Kier alpha value is -2.00. The molecule has 0 bridgehead atoms. The standard InChI is InChI=1S/C26H37N5O2S/c32-25(27-10-15-29-16-18-33-19-17-29)21-4-6-22(7-5-21)30-13-8-23(9-14-30)31-12-2-1-3-24(31)26-28-11-20-34-26/h4-7,11,20,23-24H,1-3,8-10,12-19H2,(H,27,32). The number of thiazole rings is 1. The highest BCUT2D eigenvalue weighted by atomic mass is 32.1. The Morgan fingerprint density at radius 3 is 2.56 bits per heavy atom. The summed E-state index contributed by atoms with van der Waals surface area (Å²) in [6.07, 6.45) is 8.18. The minimum absolute atomic E-state index is 0.0110. The molecule has 0 aliphatic carbocycles. The predicted molar refractivity (Wildman–Crippen MR) is 137 cm³/mol. The highest BCUT2D eigenvalue weighted by Crippen LogP contribution is 2.36. The van der Waals surface area contributed by atoms with E-state index in [1.165, 1.54) is 49.3 Å². The van der Waals surface area contributed by atoms with Crippen LogP contribution in [-0.2, 0) is 4.74 Å². The second kappa shape index (κ2) is 11.6. The minimum atomic E-state index is 0.0110. The van der Waals surface area contributed by atoms with Gasteiger partial charge in [-0.25, -0.2) is 4.98 Å². The molecule has 1 aromatic heterocycles. The third kappa shape index (κ3) is 5.79. The summed E-state index contributed by atoms with van der Waals surface area (Å²) >= 11 is 1.81. The van der Waals surface area contributed by atoms with E-state index in [9.17, 15) is 4.79 Å². The lowest BCUT2D eigenvalue weighted by atomic mass is 9.95. The van der Waals surface area contributed by atoms with Gasteiger partial charge in [-0.15, -0.1) is 11.3 Å². The van der Waals surface area contributed by atoms with E-state index in [-0.39, 0.29) is 5.91 Å². The van der Waals surface area contributed by atoms with Crippen molar-refractivity contribution in [2.24, 2.45) is 0 Å². The summed E-state index contributed by atoms with van der Waals surface area (Å²) in [5, 5.41) is 6.46. The molecule has 3 fully saturated rings. The molecule has 8 heteroatoms. The third-order valence-corrected chi connectivity index (χ3v) is 8.40. The van der Waals surface area contributed by atoms with Crippen molar-refractivity contribution in [1.82, 2.24) is 20.1 Å². The van der Waals surface area contributed by atoms with Crippen molar-refractivity contribution in [3.63, 3.8) is 0 Å². The number of hydrogen-bond acceptors (Lipinski definition) is 7. The Morgan fingerprint density at radius 2 is 1.82 bits per heavy atom. The molecule has 0 radical (unpaired) electrons. The van der Waals surface area contributed by atoms with Gasteiger partial charge in [-0.05, 0) is 56.5 Å². The predicted octanol–water partition coefficient (Wildman–Crippen LogP) is 3.40. The van der Waals surface area contributed by atoms with Crippen molar-refractivity contribution in [3.05, 3.63) is 46.4 Å². The van der Waals surface area contributed by atoms with E-state index < -0.39 is 0 Å². The van der Waals surface area contributed by atoms with Gasteiger partial charge in [0.1, 0.15) is 5.01 Å². The van der Waals surface area contributed by atoms with Gasteiger partial charge >= 0.3 is 0 Å². The molecule has 34 heavy (non-hydrogen) atoms. The molecule has 3 aliphatic heterocycles. The highest BCUT2D eigenvalue weighted by molar-refractivity contribution is 7.09. The first-order valence-electron chi connectivity index (χ1n) is 12.9. The first-order chi connectivity index (χ1) is 16.8. The molecule has 1 amide bonds. The summed E-state index contributed by atoms with van der Waals surface area (Å²) in [5.74, 6) is 0.0110. The molecule has 0 saturated carbocycles. The van der Waals surface area contributed by atoms with E-state index in [0.29, 0.717) is 18.6 Å². The maximum Gasteiger partial charge on any atom is 0.251 e. The van der Waals surface area contributed by atoms with Gasteiger partial charge in [0.25, 0.3) is 5.91 Å². The van der Waals surface area contributed by atoms with Gasteiger partial charge in [0.05, 0.1) is 19.3 Å². The van der Waals surface area contributed by atoms with E-state index in [1.54, 1.807) is 11.3 Å². The maximum absolute atomic E-state index is 12.5. The number of benzene rings is 1. The number of carbonyl (C=O) groups excluding carboxylic acids is 1. The number of aromatic nitrogens is 1. The number of hydrogen-bond donors (Lipinski definition) is 1. The zero-order chi connectivity index (χ0) is 23.2. The van der Waals surface area contributed by atoms with Gasteiger partial charge < -0.3 is 15.0 Å². The lowest BCUT2D eigenvalue weighted by Gasteiger charge is -2.44. The van der Waals surface area contributed by atoms with Crippen molar-refractivity contribution in [3.8, 4) is 0 Å². The molecule has 3 saturated heterocycles. The lowest BCUT2D eigenvalue weighted by Crippen LogP contribution is -2.48. The van der Waals surface area contributed by atoms with Crippen molar-refractivity contribution in [2.75, 3.05) is 63.9 Å². The number of nitrogens with zero attached hydrogens (tertiary/aromatic N) is 4. The van der Waals surface area contributed by atoms with Crippen LogP contribution in [0.3, 0.4) is 0 Å². The lowest BCUT2D eigenvalue weighted by molar-refractivity contribution is 0.0383. The fraction of sp³-hybridized carbons (Fsp3) is 0.615. The zero-order valence-corrected chi connectivity index (χ0v) is 20.8. The molecular formula is C26H37N5O2S. The SMILES string of the molecule is O=C(NCCN1CCOCC1)c1ccc(N2CCC(N3CCCCC3c3nccs3)CC2)cc1. The number of rotatable bonds is 7. The number of nitrogens with one attached hydrogen (secondary N) is 1. The van der Waals surface area contributed by atoms with Gasteiger partial charge in [-0.1, -0.05) is 6.42 Å². The normalized spacial score (nSPS) is 23.2. The van der Waals surface area contributed by atoms with Gasteiger partial charge in [0.15, 0.2) is 0 Å². The van der Waals surface area contributed by atoms with Crippen LogP contribution in [0, 0.1) is 0 Å². The molecule has 1 N–H and O–H groups in total. The topological polar surface area (TPSA) is 60.9 Å². The van der Waals surface area contributed by atoms with Crippen molar-refractivity contribution >= 4 is 22.9 Å². The molecule has 3 aliphatic rings. The van der Waals surface area contributed by atoms with Crippen molar-refractivity contribution < 1.29 is 9.53 Å². The summed E-state index contributed by atoms with van der Waals surface area (Å²) in [4.78, 5) is 24.7. The smallest absolute Gasteiger partial charge is 0.251 e. The van der Waals surface area contributed by atoms with Crippen LogP contribution in [-0.4, -0.2) is 85.8 Å². The second-order valence-corrected chi connectivity index (χ2v) is 10.5. The molecule has 184 valence electrons. The van der Waals surface area contributed by atoms with Crippen LogP contribution in [0.15, 0.2) is 35.8 Å². The number of anilines is 1. The number of likely N-dealkylation sites (tertiary alicyclic amines) is 1. The Kier molecular flexibility index (Phi) is 8.11. The summed E-state index contributed by atoms with van der Waals surface area (Å²) in [6.45, 7) is 8.36. The van der Waals surface area contributed by atoms with Gasteiger partial charge in [-0.2, -0.15) is 0 Å². The largest absolute Gasteiger partial charge is 0.379 e. The molecule has 7 nitrogen and oxygen atoms in total. The average molecular weight is 484 g/mol. The molecular weight excluding hydrogens is 446 g/mol. The van der Waals surface area contributed by atoms with Crippen LogP contribution in [0.5, 0.6) is 0 Å². The van der Waals surface area contributed by atoms with Crippen LogP contribution < -0.4 is 10.2 Å². The van der Waals surface area contributed by atoms with Crippen LogP contribution in [0.1, 0.15) is 53.5 Å². The van der Waals surface area contributed by atoms with Gasteiger partial charge in [0, 0.05) is 68.1 Å². The first kappa shape index (κ1) is 23.7. The molecule has 5 rings (SSSR count). The number of piperidine rings is 2. The average Bonchev–Trinajstić information content (AvgIpc) is 3.45. The molecule has 0 spiro atoms. The molecule has 1 unspecified atom stereocenters. The Balaban J connectivity index is 1.10. The Morgan fingerprint density at radius 1 is 1.03 bits per heavy atom. The van der Waals surface area contributed by atoms with E-state index >= 15 is 0 Å². The summed E-state index contributed by atoms with van der Waals surface area (Å²) in [7, 11) is 0. The second-order valence-electron chi connectivity index (χ2n) is 9.59. The number of ether oxygens (including phenoxy) is 1. The van der Waals surface area contributed by atoms with Crippen LogP contribution >= 0.6 is 11.3 Å². The molecule has 4 heterocycles. The molecule has 2 aromatic rings. The fourth-order valence-electron chi connectivity index (χ4n) is 5.59. The summed E-state index contributed by atoms with van der Waals surface area (Å²) in [5.41, 5.74) is 1.96. The van der Waals surface area contributed by atoms with E-state index in [2.05, 4.69) is 42.5 Å². The quantitative estimate of drug-likeness (QED) is 0.651. The van der Waals surface area contributed by atoms with Crippen molar-refractivity contribution in [2.45, 2.75) is 44.2 Å². The fourth-order valence-corrected chi connectivity index (χ4v) is 6.38. The minimum Gasteiger partial charge on any atom is -0.379 e. The van der Waals surface area contributed by atoms with Crippen LogP contribution in [0.25, 0.3) is 0 Å². The number of morpholine rings is 1. The Bertz CT molecular complexity index is 892. The molecule has 1 atom stereocenters. The monoisotopic (exact) mass is 483 g/mol. The number of amides is 1. The van der Waals surface area contributed by atoms with E-state index in [1.807, 2.05) is 18.3 Å². The summed E-state index contributed by atoms with van der Waals surface area (Å²) < 4.78 is 5.38.